The van der Waals surface area contributed by atoms with E-state index in [4.69, 9.17) is 0 Å². The fourth-order valence-corrected chi connectivity index (χ4v) is 3.22. The monoisotopic (exact) mass is 225 g/mol. The molecule has 0 spiro atoms. The summed E-state index contributed by atoms with van der Waals surface area (Å²) in [7, 11) is 0. The Balaban J connectivity index is 0.000000750. The molecule has 1 atom stereocenters. The maximum Gasteiger partial charge on any atom is 0.0814 e. The van der Waals surface area contributed by atoms with Gasteiger partial charge in [0.05, 0.1) is 10.7 Å². The molecule has 1 aromatic carbocycles. The number of nitrogens with zero attached hydrogens (tertiary/aromatic N) is 1. The minimum atomic E-state index is 0. The summed E-state index contributed by atoms with van der Waals surface area (Å²) in [6.07, 6.45) is 2.63. The lowest BCUT2D eigenvalue weighted by Crippen LogP contribution is -2.11. The number of aliphatic imine (C=N–C) groups is 1. The third-order valence-electron chi connectivity index (χ3n) is 2.73. The van der Waals surface area contributed by atoms with Gasteiger partial charge in [-0.25, -0.2) is 4.99 Å². The Kier molecular flexibility index (Phi) is 2.84. The minimum Gasteiger partial charge on any atom is -0.246 e. The van der Waals surface area contributed by atoms with Crippen molar-refractivity contribution in [3.05, 3.63) is 29.8 Å². The highest BCUT2D eigenvalue weighted by molar-refractivity contribution is 8.14. The predicted octanol–water partition coefficient (Wildman–Crippen LogP) is 3.76. The molecule has 0 aromatic heterocycles. The summed E-state index contributed by atoms with van der Waals surface area (Å²) in [4.78, 5) is 4.65. The van der Waals surface area contributed by atoms with E-state index in [1.807, 2.05) is 11.8 Å². The summed E-state index contributed by atoms with van der Waals surface area (Å²) in [6.45, 7) is 0. The van der Waals surface area contributed by atoms with Gasteiger partial charge in [0.2, 0.25) is 0 Å². The van der Waals surface area contributed by atoms with Crippen LogP contribution in [0.3, 0.4) is 0 Å². The molecule has 0 N–H and O–H groups in total. The van der Waals surface area contributed by atoms with E-state index in [2.05, 4.69) is 29.3 Å². The summed E-state index contributed by atoms with van der Waals surface area (Å²) in [5.74, 6) is 1.89. The molecule has 0 saturated carbocycles. The molecule has 2 aliphatic rings. The van der Waals surface area contributed by atoms with Crippen molar-refractivity contribution >= 4 is 34.9 Å². The van der Waals surface area contributed by atoms with Gasteiger partial charge in [0, 0.05) is 5.92 Å². The predicted molar refractivity (Wildman–Crippen MR) is 65.2 cm³/mol. The zero-order chi connectivity index (χ0) is 8.67. The van der Waals surface area contributed by atoms with Gasteiger partial charge in [-0.2, -0.15) is 0 Å². The topological polar surface area (TPSA) is 12.4 Å². The lowest BCUT2D eigenvalue weighted by atomic mass is 9.96. The molecule has 0 amide bonds. The fourth-order valence-electron chi connectivity index (χ4n) is 2.09. The van der Waals surface area contributed by atoms with Crippen LogP contribution >= 0.6 is 24.2 Å². The van der Waals surface area contributed by atoms with Gasteiger partial charge in [-0.1, -0.05) is 18.2 Å². The van der Waals surface area contributed by atoms with Crippen LogP contribution in [0.5, 0.6) is 0 Å². The van der Waals surface area contributed by atoms with E-state index in [1.54, 1.807) is 0 Å². The van der Waals surface area contributed by atoms with Gasteiger partial charge >= 0.3 is 0 Å². The Morgan fingerprint density at radius 1 is 1.29 bits per heavy atom. The van der Waals surface area contributed by atoms with Crippen LogP contribution < -0.4 is 0 Å². The second-order valence-corrected chi connectivity index (χ2v) is 4.67. The molecular weight excluding hydrogens is 214 g/mol. The normalized spacial score (nSPS) is 23.1. The molecule has 0 radical (unpaired) electrons. The first kappa shape index (κ1) is 10.1. The van der Waals surface area contributed by atoms with Crippen LogP contribution in [0, 0.1) is 0 Å². The lowest BCUT2D eigenvalue weighted by Gasteiger charge is -2.18. The van der Waals surface area contributed by atoms with Crippen LogP contribution in [0.4, 0.5) is 5.69 Å². The maximum atomic E-state index is 4.65. The molecule has 3 rings (SSSR count). The van der Waals surface area contributed by atoms with E-state index in [0.29, 0.717) is 5.92 Å². The molecule has 0 aliphatic carbocycles. The zero-order valence-corrected chi connectivity index (χ0v) is 9.40. The molecule has 2 aliphatic heterocycles. The van der Waals surface area contributed by atoms with Crippen LogP contribution in [0.2, 0.25) is 0 Å². The van der Waals surface area contributed by atoms with Gasteiger partial charge in [0.15, 0.2) is 0 Å². The number of thioether (sulfide) groups is 1. The molecule has 1 fully saturated rings. The zero-order valence-electron chi connectivity index (χ0n) is 7.77. The van der Waals surface area contributed by atoms with Crippen LogP contribution in [0.15, 0.2) is 29.3 Å². The SMILES string of the molecule is Cl.c1ccc2c(c1)N=C1SCCCC12. The fraction of sp³-hybridized carbons (Fsp3) is 0.364. The lowest BCUT2D eigenvalue weighted by molar-refractivity contribution is 0.758. The van der Waals surface area contributed by atoms with E-state index < -0.39 is 0 Å². The van der Waals surface area contributed by atoms with Gasteiger partial charge in [-0.15, -0.1) is 24.2 Å². The van der Waals surface area contributed by atoms with Crippen molar-refractivity contribution < 1.29 is 0 Å². The Morgan fingerprint density at radius 3 is 3.07 bits per heavy atom. The smallest absolute Gasteiger partial charge is 0.0814 e. The van der Waals surface area contributed by atoms with E-state index in [-0.39, 0.29) is 12.4 Å². The molecule has 2 heterocycles. The third-order valence-corrected chi connectivity index (χ3v) is 3.89. The van der Waals surface area contributed by atoms with Crippen molar-refractivity contribution in [1.82, 2.24) is 0 Å². The van der Waals surface area contributed by atoms with Crippen molar-refractivity contribution in [2.45, 2.75) is 18.8 Å². The van der Waals surface area contributed by atoms with E-state index >= 15 is 0 Å². The molecule has 3 heteroatoms. The molecule has 14 heavy (non-hydrogen) atoms. The average molecular weight is 226 g/mol. The first-order chi connectivity index (χ1) is 6.45. The minimum absolute atomic E-state index is 0. The van der Waals surface area contributed by atoms with Crippen LogP contribution in [0.1, 0.15) is 24.3 Å². The Morgan fingerprint density at radius 2 is 2.14 bits per heavy atom. The first-order valence-electron chi connectivity index (χ1n) is 4.75. The largest absolute Gasteiger partial charge is 0.246 e. The Bertz CT molecular complexity index is 375. The average Bonchev–Trinajstić information content (AvgIpc) is 2.56. The highest BCUT2D eigenvalue weighted by Crippen LogP contribution is 2.44. The number of para-hydroxylation sites is 1. The quantitative estimate of drug-likeness (QED) is 0.655. The second-order valence-electron chi connectivity index (χ2n) is 3.55. The van der Waals surface area contributed by atoms with Crippen LogP contribution in [-0.4, -0.2) is 10.8 Å². The van der Waals surface area contributed by atoms with E-state index in [9.17, 15) is 0 Å². The molecular formula is C11H12ClNS. The summed E-state index contributed by atoms with van der Waals surface area (Å²) in [6, 6.07) is 8.55. The third kappa shape index (κ3) is 1.47. The number of halogens is 1. The number of hydrogen-bond donors (Lipinski definition) is 0. The Labute approximate surface area is 94.4 Å². The van der Waals surface area contributed by atoms with E-state index in [0.717, 1.165) is 0 Å². The maximum absolute atomic E-state index is 4.65. The summed E-state index contributed by atoms with van der Waals surface area (Å²) in [5.41, 5.74) is 2.65. The van der Waals surface area contributed by atoms with Crippen LogP contribution in [0.25, 0.3) is 0 Å². The van der Waals surface area contributed by atoms with Crippen LogP contribution in [-0.2, 0) is 0 Å². The molecule has 1 saturated heterocycles. The van der Waals surface area contributed by atoms with Gasteiger partial charge in [-0.05, 0) is 30.2 Å². The number of benzene rings is 1. The number of rotatable bonds is 0. The number of hydrogen-bond acceptors (Lipinski definition) is 2. The van der Waals surface area contributed by atoms with Crippen molar-refractivity contribution in [1.29, 1.82) is 0 Å². The first-order valence-corrected chi connectivity index (χ1v) is 5.74. The van der Waals surface area contributed by atoms with Crippen molar-refractivity contribution in [3.63, 3.8) is 0 Å². The van der Waals surface area contributed by atoms with Gasteiger partial charge < -0.3 is 0 Å². The van der Waals surface area contributed by atoms with Crippen molar-refractivity contribution in [3.8, 4) is 0 Å². The standard InChI is InChI=1S/C11H11NS.ClH/c1-2-6-10-8(4-1)9-5-3-7-13-11(9)12-10;/h1-2,4,6,9H,3,5,7H2;1H. The molecule has 1 aromatic rings. The summed E-state index contributed by atoms with van der Waals surface area (Å²) >= 11 is 1.94. The second kappa shape index (κ2) is 3.95. The summed E-state index contributed by atoms with van der Waals surface area (Å²) in [5, 5.41) is 1.35. The van der Waals surface area contributed by atoms with Gasteiger partial charge in [0.25, 0.3) is 0 Å². The molecule has 0 bridgehead atoms. The highest BCUT2D eigenvalue weighted by atomic mass is 35.5. The molecule has 74 valence electrons. The van der Waals surface area contributed by atoms with Crippen molar-refractivity contribution in [2.24, 2.45) is 4.99 Å². The van der Waals surface area contributed by atoms with Gasteiger partial charge in [-0.3, -0.25) is 0 Å². The number of fused-ring (bicyclic) bond motifs is 3. The van der Waals surface area contributed by atoms with Gasteiger partial charge in [0.1, 0.15) is 0 Å². The Hall–Kier alpha value is -0.470. The van der Waals surface area contributed by atoms with Crippen molar-refractivity contribution in [2.75, 3.05) is 5.75 Å². The van der Waals surface area contributed by atoms with E-state index in [1.165, 1.54) is 34.9 Å². The highest BCUT2D eigenvalue weighted by Gasteiger charge is 2.29. The molecule has 1 nitrogen and oxygen atoms in total. The molecule has 1 unspecified atom stereocenters. The summed E-state index contributed by atoms with van der Waals surface area (Å²) < 4.78 is 0.